The van der Waals surface area contributed by atoms with E-state index in [1.165, 1.54) is 180 Å². The molecule has 11 atom stereocenters. The van der Waals surface area contributed by atoms with E-state index in [4.69, 9.17) is 28.4 Å². The molecule has 74 heavy (non-hydrogen) atoms. The first-order valence-corrected chi connectivity index (χ1v) is 30.8. The molecule has 0 aromatic heterocycles. The van der Waals surface area contributed by atoms with Crippen molar-refractivity contribution in [1.29, 1.82) is 0 Å². The van der Waals surface area contributed by atoms with Gasteiger partial charge in [0.1, 0.15) is 54.9 Å². The zero-order valence-corrected chi connectivity index (χ0v) is 47.1. The average molecular weight is 1060 g/mol. The highest BCUT2D eigenvalue weighted by molar-refractivity contribution is 5.69. The van der Waals surface area contributed by atoms with Crippen molar-refractivity contribution in [3.8, 4) is 0 Å². The van der Waals surface area contributed by atoms with Crippen molar-refractivity contribution in [2.45, 2.75) is 332 Å². The second kappa shape index (κ2) is 47.7. The average Bonchev–Trinajstić information content (AvgIpc) is 3.40. The van der Waals surface area contributed by atoms with Gasteiger partial charge in [0.25, 0.3) is 0 Å². The van der Waals surface area contributed by atoms with Gasteiger partial charge >= 0.3 is 5.97 Å². The Hall–Kier alpha value is -1.27. The molecule has 2 aliphatic rings. The molecule has 14 heteroatoms. The molecule has 0 amide bonds. The number of unbranched alkanes of at least 4 members (excludes halogenated alkanes) is 35. The van der Waals surface area contributed by atoms with Crippen molar-refractivity contribution in [1.82, 2.24) is 0 Å². The van der Waals surface area contributed by atoms with Gasteiger partial charge in [-0.2, -0.15) is 0 Å². The van der Waals surface area contributed by atoms with Crippen molar-refractivity contribution < 1.29 is 69.0 Å². The van der Waals surface area contributed by atoms with Gasteiger partial charge in [0, 0.05) is 13.0 Å². The van der Waals surface area contributed by atoms with Crippen LogP contribution < -0.4 is 0 Å². The van der Waals surface area contributed by atoms with Crippen LogP contribution in [0, 0.1) is 0 Å². The summed E-state index contributed by atoms with van der Waals surface area (Å²) in [6.07, 6.45) is 37.1. The summed E-state index contributed by atoms with van der Waals surface area (Å²) in [4.78, 5) is 13.1. The normalized spacial score (nSPS) is 24.8. The van der Waals surface area contributed by atoms with E-state index < -0.39 is 80.7 Å². The molecule has 14 nitrogen and oxygen atoms in total. The van der Waals surface area contributed by atoms with Gasteiger partial charge < -0.3 is 64.2 Å². The van der Waals surface area contributed by atoms with E-state index in [0.717, 1.165) is 57.8 Å². The Morgan fingerprint density at radius 1 is 0.432 bits per heavy atom. The monoisotopic (exact) mass is 1060 g/mol. The molecule has 0 saturated carbocycles. The van der Waals surface area contributed by atoms with Crippen molar-refractivity contribution in [3.63, 3.8) is 0 Å². The summed E-state index contributed by atoms with van der Waals surface area (Å²) in [7, 11) is 0. The van der Waals surface area contributed by atoms with Crippen LogP contribution in [-0.2, 0) is 33.2 Å². The van der Waals surface area contributed by atoms with E-state index >= 15 is 0 Å². The van der Waals surface area contributed by atoms with E-state index in [2.05, 4.69) is 26.0 Å². The number of ether oxygens (including phenoxy) is 6. The van der Waals surface area contributed by atoms with Gasteiger partial charge in [-0.15, -0.1) is 0 Å². The predicted octanol–water partition coefficient (Wildman–Crippen LogP) is 11.4. The van der Waals surface area contributed by atoms with Crippen LogP contribution in [0.3, 0.4) is 0 Å². The number of rotatable bonds is 51. The first-order valence-electron chi connectivity index (χ1n) is 30.8. The van der Waals surface area contributed by atoms with E-state index in [1.807, 2.05) is 0 Å². The predicted molar refractivity (Wildman–Crippen MR) is 294 cm³/mol. The van der Waals surface area contributed by atoms with Crippen LogP contribution in [0.15, 0.2) is 12.2 Å². The summed E-state index contributed by atoms with van der Waals surface area (Å²) in [5.41, 5.74) is 0. The SMILES string of the molecule is CCCCCCCC/C=C\CCCCCCCC(=O)OC(COCCCCCCCCCCCCCCCCCCCCCCCCCCC)COC1OC(COC2OC(CO)C(O)C(O)C2O)C(O)C(O)C1O. The lowest BCUT2D eigenvalue weighted by molar-refractivity contribution is -0.332. The number of allylic oxidation sites excluding steroid dienone is 2. The van der Waals surface area contributed by atoms with Gasteiger partial charge in [-0.3, -0.25) is 4.79 Å². The van der Waals surface area contributed by atoms with Crippen molar-refractivity contribution in [2.75, 3.05) is 33.0 Å². The lowest BCUT2D eigenvalue weighted by Gasteiger charge is -2.42. The molecule has 7 N–H and O–H groups in total. The molecule has 2 fully saturated rings. The van der Waals surface area contributed by atoms with Gasteiger partial charge in [0.05, 0.1) is 26.4 Å². The Kier molecular flexibility index (Phi) is 44.4. The van der Waals surface area contributed by atoms with Crippen molar-refractivity contribution in [3.05, 3.63) is 12.2 Å². The van der Waals surface area contributed by atoms with Crippen LogP contribution in [0.1, 0.15) is 264 Å². The topological polar surface area (TPSA) is 214 Å². The highest BCUT2D eigenvalue weighted by atomic mass is 16.7. The van der Waals surface area contributed by atoms with E-state index in [0.29, 0.717) is 13.0 Å². The summed E-state index contributed by atoms with van der Waals surface area (Å²) in [5, 5.41) is 72.4. The number of carbonyl (C=O) groups is 1. The quantitative estimate of drug-likeness (QED) is 0.0172. The molecule has 2 rings (SSSR count). The molecular formula is C60H114O14. The Bertz CT molecular complexity index is 1270. The highest BCUT2D eigenvalue weighted by Gasteiger charge is 2.47. The van der Waals surface area contributed by atoms with E-state index in [1.54, 1.807) is 0 Å². The highest BCUT2D eigenvalue weighted by Crippen LogP contribution is 2.27. The van der Waals surface area contributed by atoms with Crippen LogP contribution in [0.4, 0.5) is 0 Å². The Balaban J connectivity index is 1.66. The fourth-order valence-corrected chi connectivity index (χ4v) is 10.0. The maximum Gasteiger partial charge on any atom is 0.306 e. The zero-order chi connectivity index (χ0) is 53.7. The van der Waals surface area contributed by atoms with Gasteiger partial charge in [-0.1, -0.05) is 231 Å². The third-order valence-electron chi connectivity index (χ3n) is 15.0. The smallest absolute Gasteiger partial charge is 0.306 e. The summed E-state index contributed by atoms with van der Waals surface area (Å²) >= 11 is 0. The van der Waals surface area contributed by atoms with Gasteiger partial charge in [-0.05, 0) is 38.5 Å². The van der Waals surface area contributed by atoms with Crippen molar-refractivity contribution in [2.24, 2.45) is 0 Å². The number of hydrogen-bond donors (Lipinski definition) is 7. The molecule has 11 unspecified atom stereocenters. The first-order chi connectivity index (χ1) is 36.1. The number of aliphatic hydroxyl groups is 7. The maximum atomic E-state index is 13.1. The van der Waals surface area contributed by atoms with Crippen molar-refractivity contribution >= 4 is 5.97 Å². The molecular weight excluding hydrogens is 945 g/mol. The van der Waals surface area contributed by atoms with Gasteiger partial charge in [0.15, 0.2) is 12.6 Å². The molecule has 0 radical (unpaired) electrons. The molecule has 0 aromatic rings. The summed E-state index contributed by atoms with van der Waals surface area (Å²) in [6, 6.07) is 0. The Morgan fingerprint density at radius 2 is 0.797 bits per heavy atom. The molecule has 0 aromatic carbocycles. The standard InChI is InChI=1S/C60H114O14/c1-3-5-7-9-11-13-15-17-19-20-21-22-23-24-25-26-27-28-30-32-34-36-38-40-42-44-69-46-49(72-52(62)43-41-39-37-35-33-31-29-18-16-14-12-10-8-6-4-2)47-70-59-58(68)56(66)54(64)51(74-59)48-71-60-57(67)55(65)53(63)50(45-61)73-60/h18,29,49-51,53-61,63-68H,3-17,19-28,30-48H2,1-2H3/b29-18-. The summed E-state index contributed by atoms with van der Waals surface area (Å²) in [6.45, 7) is 3.73. The second-order valence-corrected chi connectivity index (χ2v) is 21.9. The Morgan fingerprint density at radius 3 is 1.23 bits per heavy atom. The summed E-state index contributed by atoms with van der Waals surface area (Å²) in [5.74, 6) is -0.378. The van der Waals surface area contributed by atoms with E-state index in [-0.39, 0.29) is 25.6 Å². The number of carbonyl (C=O) groups excluding carboxylic acids is 1. The minimum atomic E-state index is -1.70. The number of hydrogen-bond acceptors (Lipinski definition) is 14. The van der Waals surface area contributed by atoms with Gasteiger partial charge in [0.2, 0.25) is 0 Å². The lowest BCUT2D eigenvalue weighted by Crippen LogP contribution is -2.61. The lowest BCUT2D eigenvalue weighted by atomic mass is 9.98. The third kappa shape index (κ3) is 33.9. The molecule has 0 bridgehead atoms. The minimum Gasteiger partial charge on any atom is -0.457 e. The molecule has 0 aliphatic carbocycles. The van der Waals surface area contributed by atoms with Crippen LogP contribution in [-0.4, -0.2) is 142 Å². The van der Waals surface area contributed by atoms with Gasteiger partial charge in [-0.25, -0.2) is 0 Å². The molecule has 2 saturated heterocycles. The molecule has 2 aliphatic heterocycles. The zero-order valence-electron chi connectivity index (χ0n) is 47.1. The van der Waals surface area contributed by atoms with E-state index in [9.17, 15) is 40.5 Å². The summed E-state index contributed by atoms with van der Waals surface area (Å²) < 4.78 is 34.4. The largest absolute Gasteiger partial charge is 0.457 e. The van der Waals surface area contributed by atoms with Crippen LogP contribution in [0.25, 0.3) is 0 Å². The fourth-order valence-electron chi connectivity index (χ4n) is 10.0. The van der Waals surface area contributed by atoms with Crippen LogP contribution >= 0.6 is 0 Å². The first kappa shape index (κ1) is 68.8. The number of esters is 1. The molecule has 438 valence electrons. The maximum absolute atomic E-state index is 13.1. The molecule has 2 heterocycles. The van der Waals surface area contributed by atoms with Crippen LogP contribution in [0.5, 0.6) is 0 Å². The van der Waals surface area contributed by atoms with Crippen LogP contribution in [0.2, 0.25) is 0 Å². The number of aliphatic hydroxyl groups excluding tert-OH is 7. The Labute approximate surface area is 450 Å². The fraction of sp³-hybridized carbons (Fsp3) is 0.950. The minimum absolute atomic E-state index is 0.0646. The second-order valence-electron chi connectivity index (χ2n) is 21.9. The third-order valence-corrected chi connectivity index (χ3v) is 15.0. The molecule has 0 spiro atoms.